The zero-order valence-corrected chi connectivity index (χ0v) is 14.5. The summed E-state index contributed by atoms with van der Waals surface area (Å²) < 4.78 is 1.90. The summed E-state index contributed by atoms with van der Waals surface area (Å²) in [7, 11) is 0. The first kappa shape index (κ1) is 17.0. The zero-order chi connectivity index (χ0) is 18.3. The van der Waals surface area contributed by atoms with Crippen LogP contribution in [0, 0.1) is 0 Å². The maximum absolute atomic E-state index is 12.5. The minimum Gasteiger partial charge on any atom is -0.477 e. The predicted octanol–water partition coefficient (Wildman–Crippen LogP) is 0.544. The van der Waals surface area contributed by atoms with Gasteiger partial charge in [0.2, 0.25) is 5.43 Å². The number of rotatable bonds is 5. The predicted molar refractivity (Wildman–Crippen MR) is 97.0 cm³/mol. The van der Waals surface area contributed by atoms with Gasteiger partial charge in [-0.05, 0) is 18.9 Å². The molecule has 0 bridgehead atoms. The van der Waals surface area contributed by atoms with Crippen LogP contribution in [-0.4, -0.2) is 70.0 Å². The number of carboxylic acids is 1. The van der Waals surface area contributed by atoms with Crippen molar-refractivity contribution in [2.24, 2.45) is 0 Å². The van der Waals surface area contributed by atoms with E-state index in [1.807, 2.05) is 10.6 Å². The van der Waals surface area contributed by atoms with Crippen molar-refractivity contribution in [1.29, 1.82) is 0 Å². The van der Waals surface area contributed by atoms with Crippen LogP contribution < -0.4 is 10.3 Å². The molecule has 2 aromatic rings. The Morgan fingerprint density at radius 1 is 1.23 bits per heavy atom. The lowest BCUT2D eigenvalue weighted by atomic mass is 10.2. The summed E-state index contributed by atoms with van der Waals surface area (Å²) >= 11 is 0. The fourth-order valence-electron chi connectivity index (χ4n) is 3.56. The first-order valence-electron chi connectivity index (χ1n) is 8.95. The highest BCUT2D eigenvalue weighted by Gasteiger charge is 2.27. The number of hydrogen-bond acceptors (Lipinski definition) is 6. The third kappa shape index (κ3) is 3.06. The molecule has 138 valence electrons. The van der Waals surface area contributed by atoms with Crippen LogP contribution in [-0.2, 0) is 0 Å². The van der Waals surface area contributed by atoms with Gasteiger partial charge in [-0.15, -0.1) is 0 Å². The number of aliphatic hydroxyl groups excluding tert-OH is 1. The minimum atomic E-state index is -1.21. The molecule has 4 rings (SSSR count). The average Bonchev–Trinajstić information content (AvgIpc) is 3.47. The van der Waals surface area contributed by atoms with Crippen molar-refractivity contribution in [3.05, 3.63) is 34.2 Å². The Morgan fingerprint density at radius 2 is 1.96 bits per heavy atom. The maximum Gasteiger partial charge on any atom is 0.341 e. The average molecular weight is 358 g/mol. The molecule has 2 fully saturated rings. The summed E-state index contributed by atoms with van der Waals surface area (Å²) in [5.41, 5.74) is 1.13. The van der Waals surface area contributed by atoms with Gasteiger partial charge in [0.05, 0.1) is 24.0 Å². The van der Waals surface area contributed by atoms with Crippen LogP contribution in [0.2, 0.25) is 0 Å². The molecule has 0 unspecified atom stereocenters. The number of fused-ring (bicyclic) bond motifs is 1. The van der Waals surface area contributed by atoms with E-state index in [-0.39, 0.29) is 23.7 Å². The molecule has 0 atom stereocenters. The molecule has 26 heavy (non-hydrogen) atoms. The summed E-state index contributed by atoms with van der Waals surface area (Å²) in [5, 5.41) is 18.4. The van der Waals surface area contributed by atoms with E-state index in [0.717, 1.165) is 44.7 Å². The fraction of sp³-hybridized carbons (Fsp3) is 0.500. The Bertz CT molecular complexity index is 898. The van der Waals surface area contributed by atoms with E-state index < -0.39 is 11.4 Å². The lowest BCUT2D eigenvalue weighted by molar-refractivity contribution is 0.0695. The van der Waals surface area contributed by atoms with Crippen molar-refractivity contribution < 1.29 is 15.0 Å². The maximum atomic E-state index is 12.5. The Kier molecular flexibility index (Phi) is 4.37. The molecule has 2 aliphatic rings. The number of nitrogens with zero attached hydrogens (tertiary/aromatic N) is 4. The Morgan fingerprint density at radius 3 is 2.58 bits per heavy atom. The normalized spacial score (nSPS) is 18.4. The number of carbonyl (C=O) groups is 1. The third-order valence-electron chi connectivity index (χ3n) is 5.18. The molecular weight excluding hydrogens is 336 g/mol. The first-order valence-corrected chi connectivity index (χ1v) is 8.95. The smallest absolute Gasteiger partial charge is 0.341 e. The third-order valence-corrected chi connectivity index (χ3v) is 5.18. The van der Waals surface area contributed by atoms with Crippen LogP contribution in [0.4, 0.5) is 5.69 Å². The minimum absolute atomic E-state index is 0.164. The summed E-state index contributed by atoms with van der Waals surface area (Å²) in [4.78, 5) is 32.6. The van der Waals surface area contributed by atoms with Gasteiger partial charge in [-0.2, -0.15) is 0 Å². The topological polar surface area (TPSA) is 98.9 Å². The van der Waals surface area contributed by atoms with Crippen molar-refractivity contribution in [3.63, 3.8) is 0 Å². The van der Waals surface area contributed by atoms with Crippen LogP contribution in [0.1, 0.15) is 29.2 Å². The fourth-order valence-corrected chi connectivity index (χ4v) is 3.56. The Hall–Kier alpha value is -2.45. The van der Waals surface area contributed by atoms with Gasteiger partial charge in [0.1, 0.15) is 11.1 Å². The highest BCUT2D eigenvalue weighted by atomic mass is 16.4. The van der Waals surface area contributed by atoms with E-state index in [1.165, 1.54) is 6.20 Å². The first-order chi connectivity index (χ1) is 12.6. The van der Waals surface area contributed by atoms with Crippen molar-refractivity contribution in [3.8, 4) is 0 Å². The number of aromatic nitrogens is 2. The van der Waals surface area contributed by atoms with Crippen LogP contribution in [0.25, 0.3) is 11.0 Å². The van der Waals surface area contributed by atoms with Gasteiger partial charge in [-0.25, -0.2) is 9.78 Å². The van der Waals surface area contributed by atoms with E-state index in [1.54, 1.807) is 6.20 Å². The van der Waals surface area contributed by atoms with E-state index in [2.05, 4.69) is 14.8 Å². The van der Waals surface area contributed by atoms with Gasteiger partial charge in [0.25, 0.3) is 0 Å². The van der Waals surface area contributed by atoms with Crippen molar-refractivity contribution >= 4 is 22.7 Å². The molecule has 2 aromatic heterocycles. The molecule has 0 radical (unpaired) electrons. The van der Waals surface area contributed by atoms with E-state index >= 15 is 0 Å². The van der Waals surface area contributed by atoms with Crippen molar-refractivity contribution in [2.45, 2.75) is 18.9 Å². The molecule has 1 aliphatic heterocycles. The molecule has 8 nitrogen and oxygen atoms in total. The van der Waals surface area contributed by atoms with Gasteiger partial charge in [-0.3, -0.25) is 9.69 Å². The number of aromatic carboxylic acids is 1. The number of aliphatic hydroxyl groups is 1. The van der Waals surface area contributed by atoms with Gasteiger partial charge in [0.15, 0.2) is 0 Å². The van der Waals surface area contributed by atoms with Crippen LogP contribution in [0.3, 0.4) is 0 Å². The number of hydrogen-bond donors (Lipinski definition) is 2. The number of β-amino-alcohol motifs (C(OH)–C–C–N with tert-alkyl or cyclic N) is 1. The van der Waals surface area contributed by atoms with Crippen LogP contribution >= 0.6 is 0 Å². The summed E-state index contributed by atoms with van der Waals surface area (Å²) in [5.74, 6) is -1.21. The molecule has 0 aromatic carbocycles. The zero-order valence-electron chi connectivity index (χ0n) is 14.5. The second-order valence-corrected chi connectivity index (χ2v) is 6.93. The van der Waals surface area contributed by atoms with E-state index in [0.29, 0.717) is 12.1 Å². The van der Waals surface area contributed by atoms with Crippen LogP contribution in [0.15, 0.2) is 23.3 Å². The molecule has 8 heteroatoms. The molecular formula is C18H22N4O4. The molecule has 1 saturated carbocycles. The Balaban J connectivity index is 1.71. The molecule has 0 spiro atoms. The second kappa shape index (κ2) is 6.69. The monoisotopic (exact) mass is 358 g/mol. The second-order valence-electron chi connectivity index (χ2n) is 6.93. The van der Waals surface area contributed by atoms with Crippen molar-refractivity contribution in [2.75, 3.05) is 44.2 Å². The number of anilines is 1. The number of piperazine rings is 1. The van der Waals surface area contributed by atoms with Crippen molar-refractivity contribution in [1.82, 2.24) is 14.5 Å². The molecule has 3 heterocycles. The van der Waals surface area contributed by atoms with Gasteiger partial charge in [0, 0.05) is 45.0 Å². The lowest BCUT2D eigenvalue weighted by Gasteiger charge is -2.35. The summed E-state index contributed by atoms with van der Waals surface area (Å²) in [6, 6.07) is 2.20. The highest BCUT2D eigenvalue weighted by molar-refractivity contribution is 5.92. The quantitative estimate of drug-likeness (QED) is 0.805. The SMILES string of the molecule is O=C(O)c1cn(C2CC2)c2cc(N3CCN(CCO)CC3)cnc2c1=O. The largest absolute Gasteiger partial charge is 0.477 e. The van der Waals surface area contributed by atoms with E-state index in [9.17, 15) is 14.7 Å². The number of carboxylic acid groups (broad SMARTS) is 1. The van der Waals surface area contributed by atoms with Gasteiger partial charge in [-0.1, -0.05) is 0 Å². The van der Waals surface area contributed by atoms with Crippen LogP contribution in [0.5, 0.6) is 0 Å². The van der Waals surface area contributed by atoms with E-state index in [4.69, 9.17) is 5.11 Å². The van der Waals surface area contributed by atoms with Gasteiger partial charge >= 0.3 is 5.97 Å². The lowest BCUT2D eigenvalue weighted by Crippen LogP contribution is -2.47. The highest BCUT2D eigenvalue weighted by Crippen LogP contribution is 2.37. The Labute approximate surface area is 150 Å². The molecule has 1 aliphatic carbocycles. The number of pyridine rings is 2. The van der Waals surface area contributed by atoms with Gasteiger partial charge < -0.3 is 19.7 Å². The molecule has 0 amide bonds. The summed E-state index contributed by atoms with van der Waals surface area (Å²) in [6.07, 6.45) is 5.10. The molecule has 1 saturated heterocycles. The standard InChI is InChI=1S/C18H22N4O4/c23-8-7-20-3-5-21(6-4-20)13-9-15-16(19-10-13)17(24)14(18(25)26)11-22(15)12-1-2-12/h9-12,23H,1-8H2,(H,25,26). The molecule has 2 N–H and O–H groups in total. The summed E-state index contributed by atoms with van der Waals surface area (Å²) in [6.45, 7) is 4.24.